The van der Waals surface area contributed by atoms with Gasteiger partial charge in [-0.25, -0.2) is 4.98 Å². The molecule has 0 radical (unpaired) electrons. The molecule has 1 N–H and O–H groups in total. The number of aromatic nitrogens is 2. The van der Waals surface area contributed by atoms with E-state index in [-0.39, 0.29) is 5.54 Å². The molecule has 1 aromatic heterocycles. The summed E-state index contributed by atoms with van der Waals surface area (Å²) < 4.78 is 2.03. The van der Waals surface area contributed by atoms with Crippen LogP contribution in [0, 0.1) is 11.3 Å². The van der Waals surface area contributed by atoms with Gasteiger partial charge in [-0.1, -0.05) is 11.8 Å². The second-order valence-electron chi connectivity index (χ2n) is 4.60. The Bertz CT molecular complexity index is 422. The monoisotopic (exact) mass is 250 g/mol. The summed E-state index contributed by atoms with van der Waals surface area (Å²) in [7, 11) is 3.89. The third kappa shape index (κ3) is 2.64. The first kappa shape index (κ1) is 12.5. The van der Waals surface area contributed by atoms with Crippen LogP contribution in [-0.4, -0.2) is 27.4 Å². The van der Waals surface area contributed by atoms with E-state index in [4.69, 9.17) is 0 Å². The molecule has 0 bridgehead atoms. The quantitative estimate of drug-likeness (QED) is 0.890. The second-order valence-corrected chi connectivity index (χ2v) is 5.87. The van der Waals surface area contributed by atoms with Gasteiger partial charge in [0.1, 0.15) is 5.54 Å². The first-order valence-electron chi connectivity index (χ1n) is 5.93. The van der Waals surface area contributed by atoms with Crippen LogP contribution < -0.4 is 5.32 Å². The number of rotatable bonds is 3. The Morgan fingerprint density at radius 1 is 1.71 bits per heavy atom. The van der Waals surface area contributed by atoms with Crippen LogP contribution in [0.2, 0.25) is 0 Å². The molecule has 1 saturated carbocycles. The Kier molecular flexibility index (Phi) is 3.75. The van der Waals surface area contributed by atoms with Crippen LogP contribution in [0.5, 0.6) is 0 Å². The van der Waals surface area contributed by atoms with Gasteiger partial charge in [-0.05, 0) is 32.7 Å². The summed E-state index contributed by atoms with van der Waals surface area (Å²) >= 11 is 1.79. The molecule has 4 nitrogen and oxygen atoms in total. The van der Waals surface area contributed by atoms with Crippen LogP contribution in [0.1, 0.15) is 25.7 Å². The lowest BCUT2D eigenvalue weighted by atomic mass is 9.83. The van der Waals surface area contributed by atoms with E-state index in [0.29, 0.717) is 5.25 Å². The van der Waals surface area contributed by atoms with E-state index in [9.17, 15) is 5.26 Å². The van der Waals surface area contributed by atoms with Gasteiger partial charge in [-0.2, -0.15) is 5.26 Å². The summed E-state index contributed by atoms with van der Waals surface area (Å²) in [5.41, 5.74) is -0.332. The van der Waals surface area contributed by atoms with Gasteiger partial charge in [0.15, 0.2) is 5.16 Å². The number of thioether (sulfide) groups is 1. The van der Waals surface area contributed by atoms with E-state index in [1.165, 1.54) is 6.42 Å². The van der Waals surface area contributed by atoms with E-state index in [0.717, 1.165) is 24.4 Å². The Balaban J connectivity index is 2.04. The average Bonchev–Trinajstić information content (AvgIpc) is 2.75. The Morgan fingerprint density at radius 2 is 2.53 bits per heavy atom. The molecule has 0 aliphatic heterocycles. The SMILES string of the molecule is CNC1(C#N)CCCC(Sc2nccn2C)C1. The van der Waals surface area contributed by atoms with Crippen molar-refractivity contribution in [2.24, 2.45) is 7.05 Å². The predicted octanol–water partition coefficient (Wildman–Crippen LogP) is 1.94. The molecule has 2 atom stereocenters. The van der Waals surface area contributed by atoms with Crippen molar-refractivity contribution in [2.75, 3.05) is 7.05 Å². The number of hydrogen-bond donors (Lipinski definition) is 1. The summed E-state index contributed by atoms with van der Waals surface area (Å²) in [4.78, 5) is 4.33. The number of aryl methyl sites for hydroxylation is 1. The van der Waals surface area contributed by atoms with Gasteiger partial charge in [0.25, 0.3) is 0 Å². The fourth-order valence-electron chi connectivity index (χ4n) is 2.32. The summed E-state index contributed by atoms with van der Waals surface area (Å²) in [6, 6.07) is 2.44. The number of hydrogen-bond acceptors (Lipinski definition) is 4. The molecule has 1 fully saturated rings. The molecule has 2 rings (SSSR count). The zero-order chi connectivity index (χ0) is 12.3. The number of nitrogens with zero attached hydrogens (tertiary/aromatic N) is 3. The van der Waals surface area contributed by atoms with Crippen molar-refractivity contribution in [1.82, 2.24) is 14.9 Å². The molecule has 17 heavy (non-hydrogen) atoms. The van der Waals surface area contributed by atoms with Crippen LogP contribution in [0.15, 0.2) is 17.6 Å². The van der Waals surface area contributed by atoms with Gasteiger partial charge < -0.3 is 9.88 Å². The zero-order valence-corrected chi connectivity index (χ0v) is 11.1. The number of imidazole rings is 1. The molecule has 1 aromatic rings. The predicted molar refractivity (Wildman–Crippen MR) is 68.7 cm³/mol. The highest BCUT2D eigenvalue weighted by atomic mass is 32.2. The fraction of sp³-hybridized carbons (Fsp3) is 0.667. The summed E-state index contributed by atoms with van der Waals surface area (Å²) in [5.74, 6) is 0. The zero-order valence-electron chi connectivity index (χ0n) is 10.3. The van der Waals surface area contributed by atoms with Crippen molar-refractivity contribution < 1.29 is 0 Å². The molecular weight excluding hydrogens is 232 g/mol. The largest absolute Gasteiger partial charge is 0.329 e. The Morgan fingerprint density at radius 3 is 3.12 bits per heavy atom. The highest BCUT2D eigenvalue weighted by Crippen LogP contribution is 2.37. The Hall–Kier alpha value is -0.990. The lowest BCUT2D eigenvalue weighted by Gasteiger charge is -2.34. The van der Waals surface area contributed by atoms with E-state index >= 15 is 0 Å². The van der Waals surface area contributed by atoms with Crippen molar-refractivity contribution in [3.8, 4) is 6.07 Å². The third-order valence-electron chi connectivity index (χ3n) is 3.45. The smallest absolute Gasteiger partial charge is 0.167 e. The number of nitrogens with one attached hydrogen (secondary N) is 1. The molecule has 2 unspecified atom stereocenters. The van der Waals surface area contributed by atoms with Gasteiger partial charge in [0, 0.05) is 24.7 Å². The van der Waals surface area contributed by atoms with E-state index in [2.05, 4.69) is 16.4 Å². The average molecular weight is 250 g/mol. The molecule has 0 saturated heterocycles. The van der Waals surface area contributed by atoms with Gasteiger partial charge in [-0.15, -0.1) is 0 Å². The minimum absolute atomic E-state index is 0.332. The summed E-state index contributed by atoms with van der Waals surface area (Å²) in [6.07, 6.45) is 7.91. The molecule has 0 amide bonds. The fourth-order valence-corrected chi connectivity index (χ4v) is 3.62. The van der Waals surface area contributed by atoms with Crippen molar-refractivity contribution in [3.63, 3.8) is 0 Å². The maximum Gasteiger partial charge on any atom is 0.167 e. The molecule has 5 heteroatoms. The molecule has 1 aliphatic carbocycles. The van der Waals surface area contributed by atoms with Gasteiger partial charge in [-0.3, -0.25) is 0 Å². The van der Waals surface area contributed by atoms with Crippen molar-refractivity contribution in [3.05, 3.63) is 12.4 Å². The first-order valence-corrected chi connectivity index (χ1v) is 6.81. The molecule has 0 spiro atoms. The van der Waals surface area contributed by atoms with Gasteiger partial charge in [0.05, 0.1) is 6.07 Å². The van der Waals surface area contributed by atoms with E-state index < -0.39 is 0 Å². The second kappa shape index (κ2) is 5.11. The molecule has 1 aliphatic rings. The lowest BCUT2D eigenvalue weighted by molar-refractivity contribution is 0.323. The van der Waals surface area contributed by atoms with Crippen LogP contribution >= 0.6 is 11.8 Å². The Labute approximate surface area is 106 Å². The third-order valence-corrected chi connectivity index (χ3v) is 4.79. The number of nitriles is 1. The van der Waals surface area contributed by atoms with Crippen LogP contribution in [0.3, 0.4) is 0 Å². The molecular formula is C12H18N4S. The highest BCUT2D eigenvalue weighted by molar-refractivity contribution is 7.99. The van der Waals surface area contributed by atoms with Crippen molar-refractivity contribution in [1.29, 1.82) is 5.26 Å². The van der Waals surface area contributed by atoms with Gasteiger partial charge >= 0.3 is 0 Å². The minimum atomic E-state index is -0.332. The van der Waals surface area contributed by atoms with Gasteiger partial charge in [0.2, 0.25) is 0 Å². The molecule has 0 aromatic carbocycles. The molecule has 1 heterocycles. The van der Waals surface area contributed by atoms with E-state index in [1.807, 2.05) is 31.1 Å². The maximum atomic E-state index is 9.30. The topological polar surface area (TPSA) is 53.6 Å². The normalized spacial score (nSPS) is 28.9. The van der Waals surface area contributed by atoms with Crippen molar-refractivity contribution >= 4 is 11.8 Å². The summed E-state index contributed by atoms with van der Waals surface area (Å²) in [6.45, 7) is 0. The lowest BCUT2D eigenvalue weighted by Crippen LogP contribution is -2.46. The van der Waals surface area contributed by atoms with Crippen molar-refractivity contribution in [2.45, 2.75) is 41.6 Å². The van der Waals surface area contributed by atoms with Crippen LogP contribution in [0.4, 0.5) is 0 Å². The summed E-state index contributed by atoms with van der Waals surface area (Å²) in [5, 5.41) is 14.0. The van der Waals surface area contributed by atoms with Crippen LogP contribution in [-0.2, 0) is 7.05 Å². The highest BCUT2D eigenvalue weighted by Gasteiger charge is 2.35. The van der Waals surface area contributed by atoms with Crippen LogP contribution in [0.25, 0.3) is 0 Å². The minimum Gasteiger partial charge on any atom is -0.329 e. The first-order chi connectivity index (χ1) is 8.19. The maximum absolute atomic E-state index is 9.30. The standard InChI is InChI=1S/C12H18N4S/c1-14-12(9-13)5-3-4-10(8-12)17-11-15-6-7-16(11)2/h6-7,10,14H,3-5,8H2,1-2H3. The molecule has 92 valence electrons. The van der Waals surface area contributed by atoms with E-state index in [1.54, 1.807) is 11.8 Å².